The third-order valence-corrected chi connectivity index (χ3v) is 5.47. The Morgan fingerprint density at radius 1 is 1.18 bits per heavy atom. The third-order valence-electron chi connectivity index (χ3n) is 5.47. The number of aromatic nitrogens is 2. The predicted octanol–water partition coefficient (Wildman–Crippen LogP) is 2.34. The zero-order chi connectivity index (χ0) is 25.8. The fourth-order valence-electron chi connectivity index (χ4n) is 3.36. The summed E-state index contributed by atoms with van der Waals surface area (Å²) in [6, 6.07) is 5.94. The number of carbonyl (C=O) groups excluding carboxylic acids is 1. The molecule has 0 spiro atoms. The van der Waals surface area contributed by atoms with Gasteiger partial charge in [-0.1, -0.05) is 12.1 Å². The first-order valence-corrected chi connectivity index (χ1v) is 10.1. The summed E-state index contributed by atoms with van der Waals surface area (Å²) in [4.78, 5) is 40.2. The van der Waals surface area contributed by atoms with Crippen molar-refractivity contribution in [1.29, 1.82) is 0 Å². The minimum atomic E-state index is -5.08. The maximum atomic E-state index is 13.0. The van der Waals surface area contributed by atoms with Crippen LogP contribution in [0.2, 0.25) is 0 Å². The van der Waals surface area contributed by atoms with Gasteiger partial charge in [0.2, 0.25) is 5.75 Å². The average Bonchev–Trinajstić information content (AvgIpc) is 3.10. The second kappa shape index (κ2) is 10.6. The van der Waals surface area contributed by atoms with Crippen molar-refractivity contribution < 1.29 is 37.4 Å². The van der Waals surface area contributed by atoms with Crippen molar-refractivity contribution in [2.45, 2.75) is 44.6 Å². The van der Waals surface area contributed by atoms with E-state index in [0.717, 1.165) is 12.8 Å². The van der Waals surface area contributed by atoms with E-state index in [-0.39, 0.29) is 24.1 Å². The molecule has 0 radical (unpaired) electrons. The molecule has 3 N–H and O–H groups in total. The number of carboxylic acids is 1. The monoisotopic (exact) mass is 488 g/mol. The molecule has 1 aromatic heterocycles. The summed E-state index contributed by atoms with van der Waals surface area (Å²) in [7, 11) is 3.50. The number of benzene rings is 1. The molecule has 0 bridgehead atoms. The van der Waals surface area contributed by atoms with Gasteiger partial charge in [-0.25, -0.2) is 14.2 Å². The highest BCUT2D eigenvalue weighted by Gasteiger charge is 2.38. The lowest BCUT2D eigenvalue weighted by atomic mass is 10.2. The van der Waals surface area contributed by atoms with Gasteiger partial charge in [0.25, 0.3) is 11.5 Å². The standard InChI is InChI=1S/C19H23FN4O3.C2HF3O2/c1-11-4-9-14(23(11)2)17-22-15(16(25)19(27)24(17)3)18(26)21-10-12-5-7-13(20)8-6-12;3-2(4,5)1(6)7/h5-8,11,14,25H,4,9-10H2,1-3H3,(H,21,26);(H,6,7). The van der Waals surface area contributed by atoms with Crippen LogP contribution in [0.4, 0.5) is 17.6 Å². The summed E-state index contributed by atoms with van der Waals surface area (Å²) in [5, 5.41) is 19.9. The van der Waals surface area contributed by atoms with E-state index in [9.17, 15) is 32.3 Å². The molecule has 2 heterocycles. The van der Waals surface area contributed by atoms with E-state index in [2.05, 4.69) is 22.1 Å². The minimum Gasteiger partial charge on any atom is -0.501 e. The fraction of sp³-hybridized carbons (Fsp3) is 0.429. The lowest BCUT2D eigenvalue weighted by molar-refractivity contribution is -0.192. The van der Waals surface area contributed by atoms with Crippen LogP contribution in [0.15, 0.2) is 29.1 Å². The number of likely N-dealkylation sites (tertiary alicyclic amines) is 1. The molecule has 186 valence electrons. The van der Waals surface area contributed by atoms with Crippen LogP contribution >= 0.6 is 0 Å². The van der Waals surface area contributed by atoms with E-state index in [1.165, 1.54) is 16.7 Å². The molecule has 1 saturated heterocycles. The lowest BCUT2D eigenvalue weighted by Gasteiger charge is -2.24. The van der Waals surface area contributed by atoms with Crippen LogP contribution in [0, 0.1) is 5.82 Å². The molecule has 1 aromatic carbocycles. The summed E-state index contributed by atoms with van der Waals surface area (Å²) in [6.45, 7) is 2.22. The molecular formula is C21H24F4N4O5. The summed E-state index contributed by atoms with van der Waals surface area (Å²) in [6.07, 6.45) is -3.30. The minimum absolute atomic E-state index is 0.0954. The number of rotatable bonds is 4. The van der Waals surface area contributed by atoms with E-state index in [1.807, 2.05) is 7.05 Å². The number of amides is 1. The second-order valence-electron chi connectivity index (χ2n) is 7.75. The van der Waals surface area contributed by atoms with Gasteiger partial charge in [0, 0.05) is 19.6 Å². The molecular weight excluding hydrogens is 464 g/mol. The summed E-state index contributed by atoms with van der Waals surface area (Å²) in [5.74, 6) is -3.99. The Hall–Kier alpha value is -3.48. The third kappa shape index (κ3) is 6.31. The number of hydrogen-bond acceptors (Lipinski definition) is 6. The van der Waals surface area contributed by atoms with Gasteiger partial charge in [0.1, 0.15) is 11.6 Å². The molecule has 2 aromatic rings. The van der Waals surface area contributed by atoms with E-state index >= 15 is 0 Å². The van der Waals surface area contributed by atoms with Crippen molar-refractivity contribution >= 4 is 11.9 Å². The molecule has 3 rings (SSSR count). The molecule has 1 fully saturated rings. The van der Waals surface area contributed by atoms with Crippen LogP contribution < -0.4 is 10.9 Å². The molecule has 2 atom stereocenters. The van der Waals surface area contributed by atoms with Crippen LogP contribution in [0.1, 0.15) is 47.7 Å². The van der Waals surface area contributed by atoms with Crippen molar-refractivity contribution in [3.05, 3.63) is 57.5 Å². The van der Waals surface area contributed by atoms with Crippen molar-refractivity contribution in [2.24, 2.45) is 7.05 Å². The Kier molecular flexibility index (Phi) is 8.37. The van der Waals surface area contributed by atoms with Crippen LogP contribution in [0.25, 0.3) is 0 Å². The number of hydrogen-bond donors (Lipinski definition) is 3. The summed E-state index contributed by atoms with van der Waals surface area (Å²) < 4.78 is 46.0. The Morgan fingerprint density at radius 3 is 2.21 bits per heavy atom. The number of aliphatic carboxylic acids is 1. The molecule has 9 nitrogen and oxygen atoms in total. The Morgan fingerprint density at radius 2 is 1.74 bits per heavy atom. The Labute approximate surface area is 191 Å². The maximum Gasteiger partial charge on any atom is 0.490 e. The lowest BCUT2D eigenvalue weighted by Crippen LogP contribution is -2.34. The maximum absolute atomic E-state index is 13.0. The highest BCUT2D eigenvalue weighted by Crippen LogP contribution is 2.33. The van der Waals surface area contributed by atoms with Crippen LogP contribution in [0.5, 0.6) is 5.75 Å². The van der Waals surface area contributed by atoms with Crippen LogP contribution in [-0.4, -0.2) is 55.8 Å². The van der Waals surface area contributed by atoms with Gasteiger partial charge in [-0.05, 0) is 44.5 Å². The number of aromatic hydroxyl groups is 1. The number of carboxylic acid groups (broad SMARTS) is 1. The van der Waals surface area contributed by atoms with Crippen LogP contribution in [-0.2, 0) is 18.4 Å². The average molecular weight is 488 g/mol. The number of carbonyl (C=O) groups is 2. The smallest absolute Gasteiger partial charge is 0.490 e. The van der Waals surface area contributed by atoms with Crippen molar-refractivity contribution in [3.8, 4) is 5.75 Å². The fourth-order valence-corrected chi connectivity index (χ4v) is 3.36. The van der Waals surface area contributed by atoms with Gasteiger partial charge < -0.3 is 15.5 Å². The van der Waals surface area contributed by atoms with Gasteiger partial charge in [-0.2, -0.15) is 13.2 Å². The van der Waals surface area contributed by atoms with Gasteiger partial charge in [-0.15, -0.1) is 0 Å². The number of nitrogens with zero attached hydrogens (tertiary/aromatic N) is 3. The predicted molar refractivity (Wildman–Crippen MR) is 112 cm³/mol. The number of nitrogens with one attached hydrogen (secondary N) is 1. The second-order valence-corrected chi connectivity index (χ2v) is 7.75. The van der Waals surface area contributed by atoms with Crippen molar-refractivity contribution in [2.75, 3.05) is 7.05 Å². The van der Waals surface area contributed by atoms with Crippen molar-refractivity contribution in [1.82, 2.24) is 19.8 Å². The molecule has 1 aliphatic heterocycles. The molecule has 2 unspecified atom stereocenters. The highest BCUT2D eigenvalue weighted by molar-refractivity contribution is 5.94. The van der Waals surface area contributed by atoms with Crippen molar-refractivity contribution in [3.63, 3.8) is 0 Å². The first kappa shape index (κ1) is 26.8. The molecule has 0 saturated carbocycles. The highest BCUT2D eigenvalue weighted by atomic mass is 19.4. The van der Waals surface area contributed by atoms with E-state index < -0.39 is 29.4 Å². The zero-order valence-electron chi connectivity index (χ0n) is 18.6. The Bertz CT molecular complexity index is 1100. The van der Waals surface area contributed by atoms with E-state index in [0.29, 0.717) is 17.4 Å². The first-order chi connectivity index (χ1) is 15.7. The Balaban J connectivity index is 0.000000509. The van der Waals surface area contributed by atoms with E-state index in [4.69, 9.17) is 9.90 Å². The zero-order valence-corrected chi connectivity index (χ0v) is 18.6. The molecule has 1 amide bonds. The summed E-state index contributed by atoms with van der Waals surface area (Å²) in [5.41, 5.74) is -0.249. The van der Waals surface area contributed by atoms with E-state index in [1.54, 1.807) is 19.2 Å². The first-order valence-electron chi connectivity index (χ1n) is 10.1. The van der Waals surface area contributed by atoms with Gasteiger partial charge in [0.15, 0.2) is 5.69 Å². The largest absolute Gasteiger partial charge is 0.501 e. The number of halogens is 4. The topological polar surface area (TPSA) is 125 Å². The van der Waals surface area contributed by atoms with Crippen LogP contribution in [0.3, 0.4) is 0 Å². The molecule has 13 heteroatoms. The molecule has 1 aliphatic rings. The molecule has 34 heavy (non-hydrogen) atoms. The summed E-state index contributed by atoms with van der Waals surface area (Å²) >= 11 is 0. The SMILES string of the molecule is CC1CCC(c2nc(C(=O)NCc3ccc(F)cc3)c(O)c(=O)n2C)N1C.O=C(O)C(F)(F)F. The normalized spacial score (nSPS) is 18.2. The molecule has 0 aliphatic carbocycles. The quantitative estimate of drug-likeness (QED) is 0.565. The van der Waals surface area contributed by atoms with Gasteiger partial charge in [0.05, 0.1) is 6.04 Å². The van der Waals surface area contributed by atoms with Gasteiger partial charge in [-0.3, -0.25) is 19.1 Å². The van der Waals surface area contributed by atoms with Gasteiger partial charge >= 0.3 is 12.1 Å². The number of alkyl halides is 3.